The van der Waals surface area contributed by atoms with Gasteiger partial charge in [-0.2, -0.15) is 5.10 Å². The van der Waals surface area contributed by atoms with Crippen LogP contribution in [-0.2, 0) is 0 Å². The fraction of sp³-hybridized carbons (Fsp3) is 0.0952. The van der Waals surface area contributed by atoms with Gasteiger partial charge in [0, 0.05) is 11.4 Å². The molecule has 3 aromatic carbocycles. The third-order valence-corrected chi connectivity index (χ3v) is 4.69. The quantitative estimate of drug-likeness (QED) is 0.555. The van der Waals surface area contributed by atoms with E-state index in [-0.39, 0.29) is 17.7 Å². The lowest BCUT2D eigenvalue weighted by molar-refractivity contribution is 0.606. The largest absolute Gasteiger partial charge is 0.254 e. The zero-order valence-corrected chi connectivity index (χ0v) is 14.5. The maximum Gasteiger partial charge on any atom is 0.148 e. The first-order valence-electron chi connectivity index (χ1n) is 8.24. The summed E-state index contributed by atoms with van der Waals surface area (Å²) in [5.74, 6) is -0.636. The highest BCUT2D eigenvalue weighted by Crippen LogP contribution is 2.38. The van der Waals surface area contributed by atoms with Gasteiger partial charge in [0.1, 0.15) is 11.6 Å². The molecule has 1 heterocycles. The van der Waals surface area contributed by atoms with Crippen molar-refractivity contribution in [3.8, 4) is 0 Å². The number of hydrazone groups is 1. The van der Waals surface area contributed by atoms with Crippen LogP contribution in [0, 0.1) is 11.6 Å². The molecule has 130 valence electrons. The average molecular weight is 369 g/mol. The van der Waals surface area contributed by atoms with Gasteiger partial charge in [0.05, 0.1) is 17.4 Å². The third-order valence-electron chi connectivity index (χ3n) is 4.44. The van der Waals surface area contributed by atoms with E-state index in [0.29, 0.717) is 17.1 Å². The summed E-state index contributed by atoms with van der Waals surface area (Å²) in [6.45, 7) is 0. The number of hydrogen-bond donors (Lipinski definition) is 0. The molecular weight excluding hydrogens is 354 g/mol. The van der Waals surface area contributed by atoms with Gasteiger partial charge in [-0.1, -0.05) is 48.0 Å². The Kier molecular flexibility index (Phi) is 4.43. The van der Waals surface area contributed by atoms with Gasteiger partial charge in [-0.3, -0.25) is 5.01 Å². The summed E-state index contributed by atoms with van der Waals surface area (Å²) in [6, 6.07) is 20.0. The third kappa shape index (κ3) is 3.20. The Hall–Kier alpha value is -2.72. The van der Waals surface area contributed by atoms with Crippen molar-refractivity contribution in [3.05, 3.63) is 101 Å². The Morgan fingerprint density at radius 3 is 2.27 bits per heavy atom. The number of halogens is 3. The normalized spacial score (nSPS) is 16.7. The molecule has 0 fully saturated rings. The second kappa shape index (κ2) is 6.89. The summed E-state index contributed by atoms with van der Waals surface area (Å²) in [5, 5.41) is 6.99. The highest BCUT2D eigenvalue weighted by atomic mass is 35.5. The fourth-order valence-corrected chi connectivity index (χ4v) is 3.26. The Bertz CT molecular complexity index is 953. The molecule has 0 radical (unpaired) electrons. The van der Waals surface area contributed by atoms with Crippen LogP contribution in [0.2, 0.25) is 5.02 Å². The number of rotatable bonds is 3. The molecule has 26 heavy (non-hydrogen) atoms. The van der Waals surface area contributed by atoms with Crippen LogP contribution in [0.5, 0.6) is 0 Å². The second-order valence-electron chi connectivity index (χ2n) is 6.12. The number of nitrogens with zero attached hydrogens (tertiary/aromatic N) is 2. The number of anilines is 1. The van der Waals surface area contributed by atoms with Crippen molar-refractivity contribution >= 4 is 23.0 Å². The lowest BCUT2D eigenvalue weighted by Crippen LogP contribution is -2.19. The van der Waals surface area contributed by atoms with Gasteiger partial charge in [0.15, 0.2) is 0 Å². The van der Waals surface area contributed by atoms with Crippen molar-refractivity contribution < 1.29 is 8.78 Å². The Morgan fingerprint density at radius 1 is 0.885 bits per heavy atom. The topological polar surface area (TPSA) is 15.6 Å². The van der Waals surface area contributed by atoms with Crippen LogP contribution in [0.3, 0.4) is 0 Å². The molecule has 0 amide bonds. The van der Waals surface area contributed by atoms with E-state index in [0.717, 1.165) is 16.8 Å². The van der Waals surface area contributed by atoms with Crippen LogP contribution in [-0.4, -0.2) is 5.71 Å². The molecule has 0 aromatic heterocycles. The summed E-state index contributed by atoms with van der Waals surface area (Å²) in [6.07, 6.45) is 0.585. The van der Waals surface area contributed by atoms with Crippen LogP contribution in [0.25, 0.3) is 0 Å². The lowest BCUT2D eigenvalue weighted by atomic mass is 9.98. The van der Waals surface area contributed by atoms with E-state index in [2.05, 4.69) is 5.10 Å². The first kappa shape index (κ1) is 16.7. The molecule has 4 rings (SSSR count). The Balaban J connectivity index is 1.77. The summed E-state index contributed by atoms with van der Waals surface area (Å²) in [5.41, 5.74) is 3.00. The minimum atomic E-state index is -0.337. The average Bonchev–Trinajstić information content (AvgIpc) is 3.08. The van der Waals surface area contributed by atoms with E-state index in [1.807, 2.05) is 24.3 Å². The van der Waals surface area contributed by atoms with Crippen LogP contribution in [0.15, 0.2) is 77.9 Å². The molecule has 0 saturated heterocycles. The highest BCUT2D eigenvalue weighted by Gasteiger charge is 2.31. The Labute approximate surface area is 155 Å². The van der Waals surface area contributed by atoms with E-state index in [1.54, 1.807) is 35.3 Å². The minimum absolute atomic E-state index is 0.163. The van der Waals surface area contributed by atoms with E-state index in [9.17, 15) is 8.78 Å². The van der Waals surface area contributed by atoms with Crippen LogP contribution in [0.4, 0.5) is 14.5 Å². The molecule has 3 aromatic rings. The highest BCUT2D eigenvalue weighted by molar-refractivity contribution is 6.30. The van der Waals surface area contributed by atoms with Gasteiger partial charge in [-0.25, -0.2) is 8.78 Å². The van der Waals surface area contributed by atoms with Crippen LogP contribution >= 0.6 is 11.6 Å². The smallest absolute Gasteiger partial charge is 0.148 e. The molecule has 5 heteroatoms. The van der Waals surface area contributed by atoms with Gasteiger partial charge in [-0.05, 0) is 47.5 Å². The van der Waals surface area contributed by atoms with Crippen LogP contribution < -0.4 is 5.01 Å². The zero-order valence-electron chi connectivity index (χ0n) is 13.7. The summed E-state index contributed by atoms with van der Waals surface area (Å²) in [7, 11) is 0. The standard InChI is InChI=1S/C21H15ClF2N2/c22-16-9-5-15(6-10-16)21-13-19(14-7-11-17(23)12-8-14)25-26(21)20-4-2-1-3-18(20)24/h1-12,21H,13H2/t21-/m1/s1. The molecular formula is C21H15ClF2N2. The molecule has 0 unspecified atom stereocenters. The van der Waals surface area contributed by atoms with E-state index in [1.165, 1.54) is 18.2 Å². The molecule has 1 atom stereocenters. The molecule has 1 aliphatic rings. The van der Waals surface area contributed by atoms with Gasteiger partial charge < -0.3 is 0 Å². The van der Waals surface area contributed by atoms with Crippen molar-refractivity contribution in [2.24, 2.45) is 5.10 Å². The first-order valence-corrected chi connectivity index (χ1v) is 8.62. The van der Waals surface area contributed by atoms with Gasteiger partial charge in [0.2, 0.25) is 0 Å². The minimum Gasteiger partial charge on any atom is -0.254 e. The number of hydrogen-bond acceptors (Lipinski definition) is 2. The van der Waals surface area contributed by atoms with Crippen LogP contribution in [0.1, 0.15) is 23.6 Å². The van der Waals surface area contributed by atoms with E-state index >= 15 is 0 Å². The summed E-state index contributed by atoms with van der Waals surface area (Å²) in [4.78, 5) is 0. The molecule has 2 nitrogen and oxygen atoms in total. The van der Waals surface area contributed by atoms with Crippen molar-refractivity contribution in [2.45, 2.75) is 12.5 Å². The SMILES string of the molecule is Fc1ccc(C2=NN(c3ccccc3F)[C@@H](c3ccc(Cl)cc3)C2)cc1. The molecule has 0 aliphatic carbocycles. The maximum absolute atomic E-state index is 14.4. The van der Waals surface area contributed by atoms with Crippen molar-refractivity contribution in [3.63, 3.8) is 0 Å². The van der Waals surface area contributed by atoms with Crippen molar-refractivity contribution in [1.29, 1.82) is 0 Å². The van der Waals surface area contributed by atoms with Crippen molar-refractivity contribution in [2.75, 3.05) is 5.01 Å². The second-order valence-corrected chi connectivity index (χ2v) is 6.56. The van der Waals surface area contributed by atoms with E-state index < -0.39 is 0 Å². The monoisotopic (exact) mass is 368 g/mol. The zero-order chi connectivity index (χ0) is 18.1. The summed E-state index contributed by atoms with van der Waals surface area (Å²) >= 11 is 6.00. The number of para-hydroxylation sites is 1. The molecule has 0 saturated carbocycles. The van der Waals surface area contributed by atoms with Crippen molar-refractivity contribution in [1.82, 2.24) is 0 Å². The fourth-order valence-electron chi connectivity index (χ4n) is 3.13. The Morgan fingerprint density at radius 2 is 1.58 bits per heavy atom. The van der Waals surface area contributed by atoms with Gasteiger partial charge >= 0.3 is 0 Å². The molecule has 0 bridgehead atoms. The van der Waals surface area contributed by atoms with Gasteiger partial charge in [0.25, 0.3) is 0 Å². The lowest BCUT2D eigenvalue weighted by Gasteiger charge is -2.24. The number of benzene rings is 3. The first-order chi connectivity index (χ1) is 12.6. The maximum atomic E-state index is 14.4. The summed E-state index contributed by atoms with van der Waals surface area (Å²) < 4.78 is 27.6. The molecule has 0 spiro atoms. The predicted octanol–water partition coefficient (Wildman–Crippen LogP) is 5.97. The molecule has 1 aliphatic heterocycles. The predicted molar refractivity (Wildman–Crippen MR) is 101 cm³/mol. The van der Waals surface area contributed by atoms with E-state index in [4.69, 9.17) is 11.6 Å². The molecule has 0 N–H and O–H groups in total. The van der Waals surface area contributed by atoms with Gasteiger partial charge in [-0.15, -0.1) is 0 Å².